The highest BCUT2D eigenvalue weighted by Crippen LogP contribution is 2.35. The van der Waals surface area contributed by atoms with Crippen molar-refractivity contribution >= 4 is 54.6 Å². The molecule has 3 aromatic rings. The van der Waals surface area contributed by atoms with E-state index in [1.807, 2.05) is 24.3 Å². The molecule has 0 saturated heterocycles. The molecule has 0 aliphatic rings. The number of benzene rings is 2. The normalized spacial score (nSPS) is 11.4. The first-order chi connectivity index (χ1) is 12.4. The molecule has 8 heteroatoms. The van der Waals surface area contributed by atoms with Crippen molar-refractivity contribution in [1.29, 1.82) is 0 Å². The summed E-state index contributed by atoms with van der Waals surface area (Å²) in [5, 5.41) is 3.98. The number of anilines is 1. The molecule has 2 aromatic carbocycles. The van der Waals surface area contributed by atoms with Crippen molar-refractivity contribution in [2.75, 3.05) is 11.9 Å². The summed E-state index contributed by atoms with van der Waals surface area (Å²) in [6, 6.07) is 13.4. The number of thiophene rings is 1. The van der Waals surface area contributed by atoms with Crippen LogP contribution in [0.1, 0.15) is 9.67 Å². The van der Waals surface area contributed by atoms with Gasteiger partial charge in [0.1, 0.15) is 4.88 Å². The van der Waals surface area contributed by atoms with Crippen LogP contribution in [0.25, 0.3) is 10.1 Å². The highest BCUT2D eigenvalue weighted by molar-refractivity contribution is 7.89. The minimum Gasteiger partial charge on any atom is -0.321 e. The molecule has 2 N–H and O–H groups in total. The van der Waals surface area contributed by atoms with Crippen LogP contribution >= 0.6 is 22.9 Å². The predicted octanol–water partition coefficient (Wildman–Crippen LogP) is 4.27. The molecule has 0 radical (unpaired) electrons. The maximum absolute atomic E-state index is 12.5. The zero-order valence-electron chi connectivity index (χ0n) is 13.5. The molecule has 0 aliphatic carbocycles. The average molecular weight is 407 g/mol. The van der Waals surface area contributed by atoms with Crippen molar-refractivity contribution in [3.05, 3.63) is 71.1 Å². The minimum atomic E-state index is -3.60. The van der Waals surface area contributed by atoms with Gasteiger partial charge in [-0.25, -0.2) is 13.1 Å². The number of carbonyl (C=O) groups is 1. The third-order valence-electron chi connectivity index (χ3n) is 3.58. The van der Waals surface area contributed by atoms with Crippen LogP contribution in [0.4, 0.5) is 5.69 Å². The van der Waals surface area contributed by atoms with Gasteiger partial charge in [-0.15, -0.1) is 17.9 Å². The fourth-order valence-electron chi connectivity index (χ4n) is 2.32. The molecule has 0 saturated carbocycles. The summed E-state index contributed by atoms with van der Waals surface area (Å²) in [4.78, 5) is 13.0. The van der Waals surface area contributed by atoms with Gasteiger partial charge < -0.3 is 5.32 Å². The number of carbonyl (C=O) groups excluding carboxylic acids is 1. The predicted molar refractivity (Wildman–Crippen MR) is 107 cm³/mol. The number of sulfonamides is 1. The van der Waals surface area contributed by atoms with Crippen LogP contribution in [0.3, 0.4) is 0 Å². The van der Waals surface area contributed by atoms with Gasteiger partial charge in [-0.05, 0) is 30.3 Å². The maximum Gasteiger partial charge on any atom is 0.267 e. The molecule has 26 heavy (non-hydrogen) atoms. The van der Waals surface area contributed by atoms with E-state index in [0.29, 0.717) is 15.6 Å². The quantitative estimate of drug-likeness (QED) is 0.600. The van der Waals surface area contributed by atoms with E-state index in [9.17, 15) is 13.2 Å². The molecular weight excluding hydrogens is 392 g/mol. The smallest absolute Gasteiger partial charge is 0.267 e. The second-order valence-corrected chi connectivity index (χ2v) is 8.56. The van der Waals surface area contributed by atoms with Gasteiger partial charge in [-0.3, -0.25) is 4.79 Å². The van der Waals surface area contributed by atoms with Crippen LogP contribution < -0.4 is 10.0 Å². The summed E-state index contributed by atoms with van der Waals surface area (Å²) in [5.74, 6) is -0.336. The van der Waals surface area contributed by atoms with E-state index in [4.69, 9.17) is 11.6 Å². The second-order valence-electron chi connectivity index (χ2n) is 5.36. The van der Waals surface area contributed by atoms with E-state index in [-0.39, 0.29) is 17.3 Å². The van der Waals surface area contributed by atoms with Crippen molar-refractivity contribution < 1.29 is 13.2 Å². The van der Waals surface area contributed by atoms with Crippen molar-refractivity contribution in [3.8, 4) is 0 Å². The Labute approximate surface area is 160 Å². The molecule has 1 aromatic heterocycles. The Hall–Kier alpha value is -2.19. The molecule has 5 nitrogen and oxygen atoms in total. The third-order valence-corrected chi connectivity index (χ3v) is 6.69. The van der Waals surface area contributed by atoms with Crippen LogP contribution in [0.15, 0.2) is 66.1 Å². The van der Waals surface area contributed by atoms with Gasteiger partial charge >= 0.3 is 0 Å². The Morgan fingerprint density at radius 1 is 1.15 bits per heavy atom. The van der Waals surface area contributed by atoms with E-state index >= 15 is 0 Å². The van der Waals surface area contributed by atoms with E-state index < -0.39 is 10.0 Å². The van der Waals surface area contributed by atoms with E-state index in [2.05, 4.69) is 16.6 Å². The molecular formula is C18H15ClN2O3S2. The minimum absolute atomic E-state index is 0.109. The average Bonchev–Trinajstić information content (AvgIpc) is 2.98. The highest BCUT2D eigenvalue weighted by atomic mass is 35.5. The number of halogens is 1. The van der Waals surface area contributed by atoms with Crippen molar-refractivity contribution in [3.63, 3.8) is 0 Å². The summed E-state index contributed by atoms with van der Waals surface area (Å²) in [5.41, 5.74) is 0.478. The Bertz CT molecular complexity index is 1070. The molecule has 1 heterocycles. The second kappa shape index (κ2) is 7.59. The van der Waals surface area contributed by atoms with Gasteiger partial charge in [-0.1, -0.05) is 35.9 Å². The first kappa shape index (κ1) is 18.6. The summed E-state index contributed by atoms with van der Waals surface area (Å²) in [6.45, 7) is 3.62. The van der Waals surface area contributed by atoms with Crippen LogP contribution in [-0.2, 0) is 10.0 Å². The number of fused-ring (bicyclic) bond motifs is 1. The lowest BCUT2D eigenvalue weighted by molar-refractivity contribution is 0.103. The number of hydrogen-bond acceptors (Lipinski definition) is 4. The first-order valence-corrected chi connectivity index (χ1v) is 10.3. The Morgan fingerprint density at radius 3 is 2.50 bits per heavy atom. The van der Waals surface area contributed by atoms with Gasteiger partial charge in [0.05, 0.1) is 9.92 Å². The fourth-order valence-corrected chi connectivity index (χ4v) is 4.73. The van der Waals surface area contributed by atoms with E-state index in [1.54, 1.807) is 0 Å². The van der Waals surface area contributed by atoms with Gasteiger partial charge in [0.15, 0.2) is 0 Å². The Morgan fingerprint density at radius 2 is 1.85 bits per heavy atom. The zero-order valence-corrected chi connectivity index (χ0v) is 15.9. The maximum atomic E-state index is 12.5. The third kappa shape index (κ3) is 3.81. The lowest BCUT2D eigenvalue weighted by atomic mass is 10.2. The van der Waals surface area contributed by atoms with E-state index in [1.165, 1.54) is 41.7 Å². The standard InChI is InChI=1S/C18H15ClN2O3S2/c1-2-11-20-26(23,24)13-9-7-12(8-10-13)21-18(22)17-16(19)14-5-3-4-6-15(14)25-17/h2-10,20H,1,11H2,(H,21,22). The fraction of sp³-hybridized carbons (Fsp3) is 0.0556. The monoisotopic (exact) mass is 406 g/mol. The highest BCUT2D eigenvalue weighted by Gasteiger charge is 2.18. The number of hydrogen-bond donors (Lipinski definition) is 2. The summed E-state index contributed by atoms with van der Waals surface area (Å²) in [7, 11) is -3.60. The molecule has 1 amide bonds. The number of nitrogens with one attached hydrogen (secondary N) is 2. The van der Waals surface area contributed by atoms with Gasteiger partial charge in [0.25, 0.3) is 5.91 Å². The zero-order chi connectivity index (χ0) is 18.7. The Kier molecular flexibility index (Phi) is 5.43. The summed E-state index contributed by atoms with van der Waals surface area (Å²) >= 11 is 7.61. The van der Waals surface area contributed by atoms with Gasteiger partial charge in [0, 0.05) is 22.3 Å². The lowest BCUT2D eigenvalue weighted by Crippen LogP contribution is -2.23. The van der Waals surface area contributed by atoms with Crippen LogP contribution in [0, 0.1) is 0 Å². The first-order valence-electron chi connectivity index (χ1n) is 7.61. The molecule has 0 aliphatic heterocycles. The van der Waals surface area contributed by atoms with Crippen molar-refractivity contribution in [2.45, 2.75) is 4.90 Å². The molecule has 0 unspecified atom stereocenters. The van der Waals surface area contributed by atoms with Crippen LogP contribution in [-0.4, -0.2) is 20.9 Å². The molecule has 3 rings (SSSR count). The molecule has 0 spiro atoms. The van der Waals surface area contributed by atoms with Crippen molar-refractivity contribution in [2.24, 2.45) is 0 Å². The van der Waals surface area contributed by atoms with Crippen LogP contribution in [0.2, 0.25) is 5.02 Å². The lowest BCUT2D eigenvalue weighted by Gasteiger charge is -2.07. The van der Waals surface area contributed by atoms with E-state index in [0.717, 1.165) is 10.1 Å². The molecule has 0 fully saturated rings. The van der Waals surface area contributed by atoms with Crippen LogP contribution in [0.5, 0.6) is 0 Å². The Balaban J connectivity index is 1.79. The van der Waals surface area contributed by atoms with Gasteiger partial charge in [0.2, 0.25) is 10.0 Å². The SMILES string of the molecule is C=CCNS(=O)(=O)c1ccc(NC(=O)c2sc3ccccc3c2Cl)cc1. The van der Waals surface area contributed by atoms with Gasteiger partial charge in [-0.2, -0.15) is 0 Å². The molecule has 0 bridgehead atoms. The summed E-state index contributed by atoms with van der Waals surface area (Å²) in [6.07, 6.45) is 1.46. The number of rotatable bonds is 6. The summed E-state index contributed by atoms with van der Waals surface area (Å²) < 4.78 is 27.4. The van der Waals surface area contributed by atoms with Crippen molar-refractivity contribution in [1.82, 2.24) is 4.72 Å². The number of amides is 1. The molecule has 134 valence electrons. The topological polar surface area (TPSA) is 75.3 Å². The molecule has 0 atom stereocenters. The largest absolute Gasteiger partial charge is 0.321 e.